The van der Waals surface area contributed by atoms with Crippen LogP contribution in [0.2, 0.25) is 0 Å². The lowest BCUT2D eigenvalue weighted by Crippen LogP contribution is -2.47. The molecule has 1 aliphatic heterocycles. The van der Waals surface area contributed by atoms with Crippen molar-refractivity contribution < 1.29 is 4.79 Å². The van der Waals surface area contributed by atoms with Crippen molar-refractivity contribution in [1.29, 1.82) is 0 Å². The first-order chi connectivity index (χ1) is 7.24. The molecule has 0 spiro atoms. The maximum atomic E-state index is 12.2. The third-order valence-corrected chi connectivity index (χ3v) is 3.40. The van der Waals surface area contributed by atoms with E-state index in [0.29, 0.717) is 18.5 Å². The molecule has 3 nitrogen and oxygen atoms in total. The molecule has 0 radical (unpaired) electrons. The quantitative estimate of drug-likeness (QED) is 0.703. The molecule has 2 rings (SSSR count). The molecule has 0 aromatic heterocycles. The van der Waals surface area contributed by atoms with Crippen molar-refractivity contribution in [2.24, 2.45) is 5.92 Å². The van der Waals surface area contributed by atoms with Gasteiger partial charge in [0.1, 0.15) is 0 Å². The molecule has 2 aliphatic rings. The molecular formula is C12H20N2O. The van der Waals surface area contributed by atoms with E-state index in [1.807, 2.05) is 11.0 Å². The minimum atomic E-state index is 0.0468. The van der Waals surface area contributed by atoms with Crippen molar-refractivity contribution in [1.82, 2.24) is 10.2 Å². The number of rotatable bonds is 4. The Kier molecular flexibility index (Phi) is 3.10. The Balaban J connectivity index is 1.99. The molecule has 3 heteroatoms. The summed E-state index contributed by atoms with van der Waals surface area (Å²) >= 11 is 0. The Hall–Kier alpha value is -0.830. The van der Waals surface area contributed by atoms with E-state index < -0.39 is 0 Å². The highest BCUT2D eigenvalue weighted by atomic mass is 16.2. The van der Waals surface area contributed by atoms with E-state index in [2.05, 4.69) is 18.8 Å². The molecule has 1 amide bonds. The van der Waals surface area contributed by atoms with Gasteiger partial charge in [0.05, 0.1) is 6.04 Å². The third-order valence-electron chi connectivity index (χ3n) is 3.40. The molecule has 1 saturated carbocycles. The average Bonchev–Trinajstić information content (AvgIpc) is 2.97. The van der Waals surface area contributed by atoms with Crippen LogP contribution in [0.4, 0.5) is 0 Å². The van der Waals surface area contributed by atoms with Gasteiger partial charge in [0.25, 0.3) is 0 Å². The molecule has 2 fully saturated rings. The van der Waals surface area contributed by atoms with Gasteiger partial charge in [-0.15, -0.1) is 6.58 Å². The summed E-state index contributed by atoms with van der Waals surface area (Å²) in [7, 11) is 0. The topological polar surface area (TPSA) is 32.3 Å². The predicted octanol–water partition coefficient (Wildman–Crippen LogP) is 1.16. The molecule has 1 saturated heterocycles. The van der Waals surface area contributed by atoms with Crippen LogP contribution in [0.5, 0.6) is 0 Å². The maximum Gasteiger partial charge on any atom is 0.240 e. The molecule has 0 bridgehead atoms. The Labute approximate surface area is 91.5 Å². The van der Waals surface area contributed by atoms with Crippen LogP contribution < -0.4 is 5.32 Å². The van der Waals surface area contributed by atoms with Gasteiger partial charge in [-0.05, 0) is 31.7 Å². The number of amides is 1. The fraction of sp³-hybridized carbons (Fsp3) is 0.750. The third kappa shape index (κ3) is 2.23. The standard InChI is InChI=1S/C12H20N2O/c1-3-8-14(10-4-5-10)12(15)11-9(2)6-7-13-11/h3,9-11,13H,1,4-8H2,2H3. The van der Waals surface area contributed by atoms with Crippen LogP contribution in [0, 0.1) is 5.92 Å². The van der Waals surface area contributed by atoms with Gasteiger partial charge in [-0.2, -0.15) is 0 Å². The Morgan fingerprint density at radius 2 is 2.27 bits per heavy atom. The SMILES string of the molecule is C=CCN(C(=O)C1NCCC1C)C1CC1. The maximum absolute atomic E-state index is 12.2. The van der Waals surface area contributed by atoms with E-state index in [1.165, 1.54) is 12.8 Å². The summed E-state index contributed by atoms with van der Waals surface area (Å²) in [5.74, 6) is 0.756. The van der Waals surface area contributed by atoms with Crippen molar-refractivity contribution in [2.75, 3.05) is 13.1 Å². The van der Waals surface area contributed by atoms with Crippen molar-refractivity contribution in [2.45, 2.75) is 38.3 Å². The van der Waals surface area contributed by atoms with Crippen LogP contribution in [-0.4, -0.2) is 36.0 Å². The van der Waals surface area contributed by atoms with Crippen LogP contribution in [-0.2, 0) is 4.79 Å². The number of hydrogen-bond donors (Lipinski definition) is 1. The van der Waals surface area contributed by atoms with E-state index in [0.717, 1.165) is 13.0 Å². The zero-order valence-corrected chi connectivity index (χ0v) is 9.41. The fourth-order valence-electron chi connectivity index (χ4n) is 2.29. The average molecular weight is 208 g/mol. The van der Waals surface area contributed by atoms with Crippen LogP contribution in [0.3, 0.4) is 0 Å². The molecule has 84 valence electrons. The van der Waals surface area contributed by atoms with E-state index in [-0.39, 0.29) is 11.9 Å². The summed E-state index contributed by atoms with van der Waals surface area (Å²) in [4.78, 5) is 14.2. The number of carbonyl (C=O) groups excluding carboxylic acids is 1. The minimum Gasteiger partial charge on any atom is -0.335 e. The first-order valence-electron chi connectivity index (χ1n) is 5.88. The molecule has 1 heterocycles. The molecule has 0 aromatic rings. The van der Waals surface area contributed by atoms with Crippen molar-refractivity contribution in [3.63, 3.8) is 0 Å². The van der Waals surface area contributed by atoms with Crippen molar-refractivity contribution in [3.05, 3.63) is 12.7 Å². The van der Waals surface area contributed by atoms with Gasteiger partial charge in [-0.1, -0.05) is 13.0 Å². The minimum absolute atomic E-state index is 0.0468. The van der Waals surface area contributed by atoms with Gasteiger partial charge in [0, 0.05) is 12.6 Å². The summed E-state index contributed by atoms with van der Waals surface area (Å²) in [6.07, 6.45) is 5.28. The van der Waals surface area contributed by atoms with Crippen LogP contribution in [0.25, 0.3) is 0 Å². The molecule has 1 aliphatic carbocycles. The number of nitrogens with zero attached hydrogens (tertiary/aromatic N) is 1. The van der Waals surface area contributed by atoms with Crippen molar-refractivity contribution >= 4 is 5.91 Å². The van der Waals surface area contributed by atoms with Gasteiger partial charge < -0.3 is 10.2 Å². The Morgan fingerprint density at radius 3 is 2.73 bits per heavy atom. The van der Waals surface area contributed by atoms with Crippen LogP contribution in [0.1, 0.15) is 26.2 Å². The van der Waals surface area contributed by atoms with E-state index in [4.69, 9.17) is 0 Å². The molecular weight excluding hydrogens is 188 g/mol. The van der Waals surface area contributed by atoms with Gasteiger partial charge in [-0.25, -0.2) is 0 Å². The smallest absolute Gasteiger partial charge is 0.240 e. The lowest BCUT2D eigenvalue weighted by atomic mass is 10.0. The van der Waals surface area contributed by atoms with E-state index >= 15 is 0 Å². The van der Waals surface area contributed by atoms with Gasteiger partial charge in [0.2, 0.25) is 5.91 Å². The fourth-order valence-corrected chi connectivity index (χ4v) is 2.29. The predicted molar refractivity (Wildman–Crippen MR) is 60.5 cm³/mol. The normalized spacial score (nSPS) is 30.2. The van der Waals surface area contributed by atoms with Gasteiger partial charge in [0.15, 0.2) is 0 Å². The van der Waals surface area contributed by atoms with E-state index in [1.54, 1.807) is 0 Å². The van der Waals surface area contributed by atoms with Gasteiger partial charge in [-0.3, -0.25) is 4.79 Å². The summed E-state index contributed by atoms with van der Waals surface area (Å²) in [5.41, 5.74) is 0. The number of nitrogens with one attached hydrogen (secondary N) is 1. The first-order valence-corrected chi connectivity index (χ1v) is 5.88. The highest BCUT2D eigenvalue weighted by Crippen LogP contribution is 2.29. The lowest BCUT2D eigenvalue weighted by Gasteiger charge is -2.26. The van der Waals surface area contributed by atoms with E-state index in [9.17, 15) is 4.79 Å². The highest BCUT2D eigenvalue weighted by molar-refractivity contribution is 5.83. The molecule has 2 atom stereocenters. The Morgan fingerprint density at radius 1 is 1.53 bits per heavy atom. The van der Waals surface area contributed by atoms with Gasteiger partial charge >= 0.3 is 0 Å². The molecule has 2 unspecified atom stereocenters. The monoisotopic (exact) mass is 208 g/mol. The van der Waals surface area contributed by atoms with Crippen LogP contribution >= 0.6 is 0 Å². The highest BCUT2D eigenvalue weighted by Gasteiger charge is 2.38. The largest absolute Gasteiger partial charge is 0.335 e. The Bertz CT molecular complexity index is 260. The first kappa shape index (κ1) is 10.7. The second-order valence-electron chi connectivity index (χ2n) is 4.71. The summed E-state index contributed by atoms with van der Waals surface area (Å²) in [5, 5.41) is 3.30. The summed E-state index contributed by atoms with van der Waals surface area (Å²) in [6.45, 7) is 7.56. The second kappa shape index (κ2) is 4.35. The number of carbonyl (C=O) groups is 1. The molecule has 15 heavy (non-hydrogen) atoms. The zero-order valence-electron chi connectivity index (χ0n) is 9.41. The summed E-state index contributed by atoms with van der Waals surface area (Å²) in [6, 6.07) is 0.538. The molecule has 0 aromatic carbocycles. The zero-order chi connectivity index (χ0) is 10.8. The lowest BCUT2D eigenvalue weighted by molar-refractivity contribution is -0.133. The van der Waals surface area contributed by atoms with Crippen molar-refractivity contribution in [3.8, 4) is 0 Å². The molecule has 1 N–H and O–H groups in total. The van der Waals surface area contributed by atoms with Crippen LogP contribution in [0.15, 0.2) is 12.7 Å². The number of hydrogen-bond acceptors (Lipinski definition) is 2. The second-order valence-corrected chi connectivity index (χ2v) is 4.71. The summed E-state index contributed by atoms with van der Waals surface area (Å²) < 4.78 is 0.